The molecule has 0 fully saturated rings. The molecule has 1 nitrogen and oxygen atoms in total. The predicted molar refractivity (Wildman–Crippen MR) is 68.9 cm³/mol. The lowest BCUT2D eigenvalue weighted by atomic mass is 9.85. The van der Waals surface area contributed by atoms with Gasteiger partial charge in [0.2, 0.25) is 0 Å². The molecule has 1 aromatic rings. The van der Waals surface area contributed by atoms with Crippen molar-refractivity contribution in [3.63, 3.8) is 0 Å². The molecule has 0 atom stereocenters. The molecule has 0 N–H and O–H groups in total. The Bertz CT molecular complexity index is 393. The topological polar surface area (TPSA) is 9.23 Å². The third-order valence-electron chi connectivity index (χ3n) is 2.63. The van der Waals surface area contributed by atoms with Crippen LogP contribution in [0.5, 0.6) is 5.75 Å². The number of ether oxygens (including phenoxy) is 1. The lowest BCUT2D eigenvalue weighted by Crippen LogP contribution is -2.12. The van der Waals surface area contributed by atoms with Gasteiger partial charge in [-0.05, 0) is 36.0 Å². The lowest BCUT2D eigenvalue weighted by Gasteiger charge is -2.22. The molecule has 86 valence electrons. The van der Waals surface area contributed by atoms with E-state index >= 15 is 0 Å². The number of hydrogen-bond donors (Lipinski definition) is 0. The molecule has 16 heavy (non-hydrogen) atoms. The van der Waals surface area contributed by atoms with Gasteiger partial charge in [-0.25, -0.2) is 0 Å². The van der Waals surface area contributed by atoms with Gasteiger partial charge in [0, 0.05) is 0 Å². The smallest absolute Gasteiger partial charge is 0.148 e. The van der Waals surface area contributed by atoms with Crippen LogP contribution in [0.25, 0.3) is 0 Å². The maximum Gasteiger partial charge on any atom is 0.148 e. The van der Waals surface area contributed by atoms with Crippen LogP contribution < -0.4 is 4.74 Å². The molecule has 0 aromatic heterocycles. The van der Waals surface area contributed by atoms with Gasteiger partial charge in [-0.15, -0.1) is 6.42 Å². The highest BCUT2D eigenvalue weighted by molar-refractivity contribution is 5.45. The first-order valence-electron chi connectivity index (χ1n) is 5.54. The van der Waals surface area contributed by atoms with Gasteiger partial charge in [-0.2, -0.15) is 0 Å². The number of hydrogen-bond acceptors (Lipinski definition) is 1. The van der Waals surface area contributed by atoms with E-state index < -0.39 is 0 Å². The Morgan fingerprint density at radius 2 is 1.69 bits per heavy atom. The highest BCUT2D eigenvalue weighted by Gasteiger charge is 2.16. The summed E-state index contributed by atoms with van der Waals surface area (Å²) < 4.78 is 5.55. The Labute approximate surface area is 98.8 Å². The second kappa shape index (κ2) is 4.61. The van der Waals surface area contributed by atoms with E-state index in [1.807, 2.05) is 0 Å². The summed E-state index contributed by atoms with van der Waals surface area (Å²) in [5.74, 6) is 3.42. The monoisotopic (exact) mass is 216 g/mol. The molecular formula is C15H20O. The van der Waals surface area contributed by atoms with Gasteiger partial charge < -0.3 is 4.74 Å². The van der Waals surface area contributed by atoms with Crippen LogP contribution >= 0.6 is 0 Å². The molecule has 0 saturated carbocycles. The molecule has 1 aromatic carbocycles. The Balaban J connectivity index is 3.14. The largest absolute Gasteiger partial charge is 0.480 e. The highest BCUT2D eigenvalue weighted by Crippen LogP contribution is 2.30. The van der Waals surface area contributed by atoms with Crippen LogP contribution in [0.15, 0.2) is 12.1 Å². The maximum atomic E-state index is 5.55. The molecule has 0 aliphatic heterocycles. The molecule has 0 aliphatic carbocycles. The number of benzene rings is 1. The zero-order valence-corrected chi connectivity index (χ0v) is 10.8. The van der Waals surface area contributed by atoms with Crippen molar-refractivity contribution in [2.75, 3.05) is 6.61 Å². The first-order chi connectivity index (χ1) is 7.36. The van der Waals surface area contributed by atoms with Crippen LogP contribution in [0.2, 0.25) is 0 Å². The second-order valence-electron chi connectivity index (χ2n) is 5.18. The summed E-state index contributed by atoms with van der Waals surface area (Å²) in [6, 6.07) is 4.36. The lowest BCUT2D eigenvalue weighted by molar-refractivity contribution is 0.364. The summed E-state index contributed by atoms with van der Waals surface area (Å²) in [5.41, 5.74) is 3.80. The van der Waals surface area contributed by atoms with Gasteiger partial charge in [0.25, 0.3) is 0 Å². The molecule has 0 amide bonds. The van der Waals surface area contributed by atoms with Crippen molar-refractivity contribution >= 4 is 0 Å². The fourth-order valence-corrected chi connectivity index (χ4v) is 1.72. The molecule has 0 bridgehead atoms. The van der Waals surface area contributed by atoms with Crippen LogP contribution in [-0.4, -0.2) is 6.61 Å². The van der Waals surface area contributed by atoms with Crippen molar-refractivity contribution in [2.24, 2.45) is 0 Å². The zero-order valence-electron chi connectivity index (χ0n) is 10.8. The summed E-state index contributed by atoms with van der Waals surface area (Å²) in [5, 5.41) is 0. The van der Waals surface area contributed by atoms with E-state index in [9.17, 15) is 0 Å². The van der Waals surface area contributed by atoms with Gasteiger partial charge in [0.15, 0.2) is 0 Å². The van der Waals surface area contributed by atoms with E-state index in [0.29, 0.717) is 6.61 Å². The fraction of sp³-hybridized carbons (Fsp3) is 0.467. The van der Waals surface area contributed by atoms with Gasteiger partial charge in [0.05, 0.1) is 0 Å². The van der Waals surface area contributed by atoms with Crippen molar-refractivity contribution in [1.82, 2.24) is 0 Å². The Morgan fingerprint density at radius 1 is 1.19 bits per heavy atom. The fourth-order valence-electron chi connectivity index (χ4n) is 1.72. The quantitative estimate of drug-likeness (QED) is 0.686. The summed E-state index contributed by atoms with van der Waals surface area (Å²) in [6.45, 7) is 11.1. The SMILES string of the molecule is C#CCOc1c(C)cc(C(C)(C)C)cc1C. The number of rotatable bonds is 2. The van der Waals surface area contributed by atoms with Crippen molar-refractivity contribution in [3.05, 3.63) is 28.8 Å². The van der Waals surface area contributed by atoms with Crippen LogP contribution in [0, 0.1) is 26.2 Å². The van der Waals surface area contributed by atoms with Crippen molar-refractivity contribution < 1.29 is 4.74 Å². The Kier molecular flexibility index (Phi) is 3.65. The summed E-state index contributed by atoms with van der Waals surface area (Å²) in [6.07, 6.45) is 5.20. The summed E-state index contributed by atoms with van der Waals surface area (Å²) >= 11 is 0. The van der Waals surface area contributed by atoms with E-state index in [4.69, 9.17) is 11.2 Å². The van der Waals surface area contributed by atoms with Crippen LogP contribution in [0.3, 0.4) is 0 Å². The standard InChI is InChI=1S/C15H20O/c1-7-8-16-14-11(2)9-13(10-12(14)3)15(4,5)6/h1,9-10H,8H2,2-6H3. The van der Waals surface area contributed by atoms with E-state index in [1.165, 1.54) is 5.56 Å². The summed E-state index contributed by atoms with van der Waals surface area (Å²) in [7, 11) is 0. The van der Waals surface area contributed by atoms with E-state index in [-0.39, 0.29) is 5.41 Å². The molecule has 1 heteroatoms. The molecule has 0 unspecified atom stereocenters. The second-order valence-corrected chi connectivity index (χ2v) is 5.18. The first-order valence-corrected chi connectivity index (χ1v) is 5.54. The van der Waals surface area contributed by atoms with Gasteiger partial charge >= 0.3 is 0 Å². The van der Waals surface area contributed by atoms with Crippen molar-refractivity contribution in [3.8, 4) is 18.1 Å². The molecule has 1 rings (SSSR count). The van der Waals surface area contributed by atoms with E-state index in [2.05, 4.69) is 52.7 Å². The molecular weight excluding hydrogens is 196 g/mol. The van der Waals surface area contributed by atoms with Crippen LogP contribution in [0.4, 0.5) is 0 Å². The first kappa shape index (κ1) is 12.6. The zero-order chi connectivity index (χ0) is 12.3. The van der Waals surface area contributed by atoms with E-state index in [1.54, 1.807) is 0 Å². The molecule has 0 aliphatic rings. The number of aryl methyl sites for hydroxylation is 2. The van der Waals surface area contributed by atoms with Gasteiger partial charge in [-0.3, -0.25) is 0 Å². The minimum atomic E-state index is 0.167. The average molecular weight is 216 g/mol. The maximum absolute atomic E-state index is 5.55. The van der Waals surface area contributed by atoms with Gasteiger partial charge in [-0.1, -0.05) is 38.8 Å². The third-order valence-corrected chi connectivity index (χ3v) is 2.63. The Morgan fingerprint density at radius 3 is 2.06 bits per heavy atom. The minimum absolute atomic E-state index is 0.167. The van der Waals surface area contributed by atoms with Crippen molar-refractivity contribution in [1.29, 1.82) is 0 Å². The predicted octanol–water partition coefficient (Wildman–Crippen LogP) is 3.61. The Hall–Kier alpha value is -1.42. The minimum Gasteiger partial charge on any atom is -0.480 e. The van der Waals surface area contributed by atoms with Crippen molar-refractivity contribution in [2.45, 2.75) is 40.0 Å². The van der Waals surface area contributed by atoms with Crippen LogP contribution in [0.1, 0.15) is 37.5 Å². The highest BCUT2D eigenvalue weighted by atomic mass is 16.5. The van der Waals surface area contributed by atoms with Gasteiger partial charge in [0.1, 0.15) is 12.4 Å². The average Bonchev–Trinajstić information content (AvgIpc) is 2.15. The number of terminal acetylenes is 1. The normalized spacial score (nSPS) is 11.0. The molecule has 0 spiro atoms. The molecule has 0 saturated heterocycles. The molecule has 0 heterocycles. The third kappa shape index (κ3) is 2.79. The molecule has 0 radical (unpaired) electrons. The summed E-state index contributed by atoms with van der Waals surface area (Å²) in [4.78, 5) is 0. The van der Waals surface area contributed by atoms with Crippen LogP contribution in [-0.2, 0) is 5.41 Å². The van der Waals surface area contributed by atoms with E-state index in [0.717, 1.165) is 16.9 Å².